The van der Waals surface area contributed by atoms with Gasteiger partial charge in [-0.2, -0.15) is 0 Å². The molecule has 0 aliphatic heterocycles. The highest BCUT2D eigenvalue weighted by molar-refractivity contribution is 7.90. The fraction of sp³-hybridized carbons (Fsp3) is 0.500. The van der Waals surface area contributed by atoms with Gasteiger partial charge in [-0.1, -0.05) is 26.0 Å². The molecule has 1 saturated carbocycles. The molecule has 1 aromatic rings. The van der Waals surface area contributed by atoms with Gasteiger partial charge in [0.25, 0.3) is 6.47 Å². The van der Waals surface area contributed by atoms with Crippen LogP contribution < -0.4 is 0 Å². The van der Waals surface area contributed by atoms with Gasteiger partial charge in [-0.3, -0.25) is 4.79 Å². The van der Waals surface area contributed by atoms with Gasteiger partial charge in [0.05, 0.1) is 4.90 Å². The normalized spacial score (nSPS) is 26.2. The summed E-state index contributed by atoms with van der Waals surface area (Å²) in [5.74, 6) is 0.321. The van der Waals surface area contributed by atoms with E-state index in [9.17, 15) is 13.2 Å². The van der Waals surface area contributed by atoms with Gasteiger partial charge in [0, 0.05) is 11.7 Å². The van der Waals surface area contributed by atoms with E-state index in [1.165, 1.54) is 6.26 Å². The van der Waals surface area contributed by atoms with E-state index in [0.717, 1.165) is 12.0 Å². The van der Waals surface area contributed by atoms with E-state index in [1.54, 1.807) is 12.1 Å². The SMILES string of the molecule is CC(C)C1(c2ccc(S(C)(=O)=O)cc2)CC1OC=O. The van der Waals surface area contributed by atoms with Crippen molar-refractivity contribution in [2.45, 2.75) is 36.7 Å². The van der Waals surface area contributed by atoms with Crippen LogP contribution in [-0.4, -0.2) is 27.2 Å². The molecule has 0 bridgehead atoms. The lowest BCUT2D eigenvalue weighted by molar-refractivity contribution is -0.130. The van der Waals surface area contributed by atoms with Gasteiger partial charge in [0.1, 0.15) is 6.10 Å². The molecule has 2 rings (SSSR count). The van der Waals surface area contributed by atoms with E-state index >= 15 is 0 Å². The van der Waals surface area contributed by atoms with E-state index in [0.29, 0.717) is 17.3 Å². The Hall–Kier alpha value is -1.36. The van der Waals surface area contributed by atoms with Crippen LogP contribution in [0.3, 0.4) is 0 Å². The molecule has 19 heavy (non-hydrogen) atoms. The van der Waals surface area contributed by atoms with Crippen molar-refractivity contribution in [2.75, 3.05) is 6.26 Å². The lowest BCUT2D eigenvalue weighted by Crippen LogP contribution is -2.21. The van der Waals surface area contributed by atoms with Crippen molar-refractivity contribution in [3.8, 4) is 0 Å². The van der Waals surface area contributed by atoms with Gasteiger partial charge >= 0.3 is 0 Å². The molecule has 0 N–H and O–H groups in total. The summed E-state index contributed by atoms with van der Waals surface area (Å²) in [5, 5.41) is 0. The average molecular weight is 282 g/mol. The number of hydrogen-bond donors (Lipinski definition) is 0. The van der Waals surface area contributed by atoms with E-state index in [2.05, 4.69) is 13.8 Å². The Labute approximate surface area is 113 Å². The molecule has 0 heterocycles. The zero-order valence-electron chi connectivity index (χ0n) is 11.3. The molecule has 104 valence electrons. The predicted molar refractivity (Wildman–Crippen MR) is 71.6 cm³/mol. The number of ether oxygens (including phenoxy) is 1. The quantitative estimate of drug-likeness (QED) is 0.774. The molecule has 0 aromatic heterocycles. The third kappa shape index (κ3) is 2.39. The van der Waals surface area contributed by atoms with Gasteiger partial charge in [0.2, 0.25) is 0 Å². The Morgan fingerprint density at radius 2 is 1.89 bits per heavy atom. The number of benzene rings is 1. The van der Waals surface area contributed by atoms with Gasteiger partial charge < -0.3 is 4.74 Å². The average Bonchev–Trinajstić information content (AvgIpc) is 3.04. The second-order valence-electron chi connectivity index (χ2n) is 5.42. The van der Waals surface area contributed by atoms with Crippen molar-refractivity contribution >= 4 is 16.3 Å². The fourth-order valence-corrected chi connectivity index (χ4v) is 3.37. The summed E-state index contributed by atoms with van der Waals surface area (Å²) in [6, 6.07) is 6.88. The van der Waals surface area contributed by atoms with Crippen LogP contribution in [0.5, 0.6) is 0 Å². The zero-order chi connectivity index (χ0) is 14.3. The Balaban J connectivity index is 2.33. The van der Waals surface area contributed by atoms with Gasteiger partial charge in [-0.15, -0.1) is 0 Å². The van der Waals surface area contributed by atoms with E-state index in [-0.39, 0.29) is 11.5 Å². The molecule has 0 radical (unpaired) electrons. The number of carbonyl (C=O) groups excluding carboxylic acids is 1. The first-order valence-electron chi connectivity index (χ1n) is 6.22. The first-order valence-corrected chi connectivity index (χ1v) is 8.11. The Bertz CT molecular complexity index is 574. The molecular formula is C14H18O4S. The lowest BCUT2D eigenvalue weighted by Gasteiger charge is -2.21. The summed E-state index contributed by atoms with van der Waals surface area (Å²) in [7, 11) is -3.18. The summed E-state index contributed by atoms with van der Waals surface area (Å²) >= 11 is 0. The van der Waals surface area contributed by atoms with Gasteiger partial charge in [-0.25, -0.2) is 8.42 Å². The maximum atomic E-state index is 11.4. The molecule has 2 unspecified atom stereocenters. The van der Waals surface area contributed by atoms with Crippen molar-refractivity contribution in [2.24, 2.45) is 5.92 Å². The van der Waals surface area contributed by atoms with Gasteiger partial charge in [-0.05, 0) is 30.0 Å². The second kappa shape index (κ2) is 4.63. The Kier molecular flexibility index (Phi) is 3.43. The number of rotatable bonds is 5. The first-order chi connectivity index (χ1) is 8.82. The van der Waals surface area contributed by atoms with Crippen LogP contribution in [0.1, 0.15) is 25.8 Å². The number of carbonyl (C=O) groups is 1. The molecule has 5 heteroatoms. The molecule has 1 aliphatic rings. The monoisotopic (exact) mass is 282 g/mol. The van der Waals surface area contributed by atoms with Crippen LogP contribution in [0.15, 0.2) is 29.2 Å². The third-order valence-corrected chi connectivity index (χ3v) is 5.14. The van der Waals surface area contributed by atoms with E-state index in [4.69, 9.17) is 4.74 Å². The summed E-state index contributed by atoms with van der Waals surface area (Å²) in [5.41, 5.74) is 0.860. The highest BCUT2D eigenvalue weighted by atomic mass is 32.2. The highest BCUT2D eigenvalue weighted by Crippen LogP contribution is 2.55. The van der Waals surface area contributed by atoms with Gasteiger partial charge in [0.15, 0.2) is 9.84 Å². The molecule has 2 atom stereocenters. The molecule has 1 aromatic carbocycles. The van der Waals surface area contributed by atoms with Crippen molar-refractivity contribution in [1.29, 1.82) is 0 Å². The van der Waals surface area contributed by atoms with Crippen LogP contribution >= 0.6 is 0 Å². The van der Waals surface area contributed by atoms with Crippen LogP contribution in [-0.2, 0) is 24.8 Å². The molecule has 0 amide bonds. The minimum Gasteiger partial charge on any atom is -0.464 e. The Morgan fingerprint density at radius 1 is 1.32 bits per heavy atom. The number of sulfone groups is 1. The maximum absolute atomic E-state index is 11.4. The molecular weight excluding hydrogens is 264 g/mol. The highest BCUT2D eigenvalue weighted by Gasteiger charge is 2.59. The van der Waals surface area contributed by atoms with E-state index in [1.807, 2.05) is 12.1 Å². The molecule has 0 spiro atoms. The second-order valence-corrected chi connectivity index (χ2v) is 7.43. The third-order valence-electron chi connectivity index (χ3n) is 4.01. The van der Waals surface area contributed by atoms with Crippen molar-refractivity contribution < 1.29 is 17.9 Å². The van der Waals surface area contributed by atoms with Crippen molar-refractivity contribution in [1.82, 2.24) is 0 Å². The lowest BCUT2D eigenvalue weighted by atomic mass is 9.84. The molecule has 1 fully saturated rings. The van der Waals surface area contributed by atoms with Crippen LogP contribution in [0.2, 0.25) is 0 Å². The van der Waals surface area contributed by atoms with Crippen LogP contribution in [0.4, 0.5) is 0 Å². The van der Waals surface area contributed by atoms with Crippen LogP contribution in [0.25, 0.3) is 0 Å². The standard InChI is InChI=1S/C14H18O4S/c1-10(2)14(8-13(14)18-9-15)11-4-6-12(7-5-11)19(3,16)17/h4-7,9-10,13H,8H2,1-3H3. The fourth-order valence-electron chi connectivity index (χ4n) is 2.74. The summed E-state index contributed by atoms with van der Waals surface area (Å²) < 4.78 is 28.0. The maximum Gasteiger partial charge on any atom is 0.293 e. The first kappa shape index (κ1) is 14.1. The zero-order valence-corrected chi connectivity index (χ0v) is 12.1. The Morgan fingerprint density at radius 3 is 2.32 bits per heavy atom. The van der Waals surface area contributed by atoms with E-state index < -0.39 is 9.84 Å². The summed E-state index contributed by atoms with van der Waals surface area (Å²) in [6.07, 6.45) is 1.88. The largest absolute Gasteiger partial charge is 0.464 e. The minimum absolute atomic E-state index is 0.103. The van der Waals surface area contributed by atoms with Crippen molar-refractivity contribution in [3.05, 3.63) is 29.8 Å². The summed E-state index contributed by atoms with van der Waals surface area (Å²) in [6.45, 7) is 4.65. The molecule has 4 nitrogen and oxygen atoms in total. The molecule has 1 aliphatic carbocycles. The molecule has 0 saturated heterocycles. The van der Waals surface area contributed by atoms with Crippen molar-refractivity contribution in [3.63, 3.8) is 0 Å². The topological polar surface area (TPSA) is 60.4 Å². The smallest absolute Gasteiger partial charge is 0.293 e. The van der Waals surface area contributed by atoms with Crippen LogP contribution in [0, 0.1) is 5.92 Å². The predicted octanol–water partition coefficient (Wildman–Crippen LogP) is 1.93. The number of hydrogen-bond acceptors (Lipinski definition) is 4. The summed E-state index contributed by atoms with van der Waals surface area (Å²) in [4.78, 5) is 10.8. The minimum atomic E-state index is -3.18.